The third kappa shape index (κ3) is 2.98. The van der Waals surface area contributed by atoms with Gasteiger partial charge >= 0.3 is 5.97 Å². The molecule has 0 spiro atoms. The number of carbonyl (C=O) groups excluding carboxylic acids is 1. The van der Waals surface area contributed by atoms with Crippen LogP contribution >= 0.6 is 0 Å². The van der Waals surface area contributed by atoms with E-state index in [1.807, 2.05) is 0 Å². The number of benzene rings is 1. The zero-order valence-electron chi connectivity index (χ0n) is 8.67. The van der Waals surface area contributed by atoms with Crippen molar-refractivity contribution in [1.82, 2.24) is 0 Å². The Labute approximate surface area is 91.0 Å². The van der Waals surface area contributed by atoms with Crippen LogP contribution in [0.3, 0.4) is 0 Å². The van der Waals surface area contributed by atoms with Gasteiger partial charge in [0.15, 0.2) is 0 Å². The summed E-state index contributed by atoms with van der Waals surface area (Å²) < 4.78 is 42.5. The van der Waals surface area contributed by atoms with Gasteiger partial charge in [-0.15, -0.1) is 0 Å². The van der Waals surface area contributed by atoms with Crippen LogP contribution in [-0.4, -0.2) is 13.1 Å². The van der Waals surface area contributed by atoms with Crippen molar-refractivity contribution in [3.05, 3.63) is 35.1 Å². The van der Waals surface area contributed by atoms with Gasteiger partial charge in [0.2, 0.25) is 0 Å². The summed E-state index contributed by atoms with van der Waals surface area (Å²) in [5.74, 6) is -1.44. The topological polar surface area (TPSA) is 26.3 Å². The molecule has 16 heavy (non-hydrogen) atoms. The maximum Gasteiger partial charge on any atom is 0.305 e. The first-order chi connectivity index (χ1) is 7.56. The predicted octanol–water partition coefficient (Wildman–Crippen LogP) is 2.87. The third-order valence-electron chi connectivity index (χ3n) is 2.17. The molecule has 0 aliphatic heterocycles. The van der Waals surface area contributed by atoms with Crippen LogP contribution in [0.15, 0.2) is 18.2 Å². The van der Waals surface area contributed by atoms with E-state index in [4.69, 9.17) is 0 Å². The van der Waals surface area contributed by atoms with Crippen LogP contribution in [-0.2, 0) is 16.0 Å². The predicted molar refractivity (Wildman–Crippen MR) is 51.7 cm³/mol. The van der Waals surface area contributed by atoms with Gasteiger partial charge in [0, 0.05) is 6.42 Å². The highest BCUT2D eigenvalue weighted by Gasteiger charge is 2.16. The number of hydrogen-bond donors (Lipinski definition) is 0. The molecular weight excluding hydrogens is 221 g/mol. The second-order valence-electron chi connectivity index (χ2n) is 3.20. The summed E-state index contributed by atoms with van der Waals surface area (Å²) in [7, 11) is 1.22. The van der Waals surface area contributed by atoms with E-state index in [-0.39, 0.29) is 18.4 Å². The molecule has 0 radical (unpaired) electrons. The maximum atomic E-state index is 13.4. The Morgan fingerprint density at radius 2 is 2.12 bits per heavy atom. The van der Waals surface area contributed by atoms with Gasteiger partial charge < -0.3 is 4.74 Å². The molecule has 1 rings (SSSR count). The Balaban J connectivity index is 2.81. The lowest BCUT2D eigenvalue weighted by molar-refractivity contribution is -0.140. The van der Waals surface area contributed by atoms with Crippen LogP contribution in [0.1, 0.15) is 24.0 Å². The summed E-state index contributed by atoms with van der Waals surface area (Å²) in [6.07, 6.45) is -2.82. The van der Waals surface area contributed by atoms with Crippen molar-refractivity contribution in [2.75, 3.05) is 7.11 Å². The molecule has 2 nitrogen and oxygen atoms in total. The van der Waals surface area contributed by atoms with Crippen molar-refractivity contribution < 1.29 is 22.7 Å². The fourth-order valence-corrected chi connectivity index (χ4v) is 1.30. The minimum Gasteiger partial charge on any atom is -0.469 e. The summed E-state index contributed by atoms with van der Waals surface area (Å²) in [6.45, 7) is 0. The van der Waals surface area contributed by atoms with Crippen LogP contribution in [0.4, 0.5) is 13.2 Å². The summed E-state index contributed by atoms with van der Waals surface area (Å²) in [6, 6.07) is 3.75. The van der Waals surface area contributed by atoms with Crippen LogP contribution in [0, 0.1) is 5.82 Å². The monoisotopic (exact) mass is 232 g/mol. The molecule has 5 heteroatoms. The molecule has 0 saturated carbocycles. The number of halogens is 3. The summed E-state index contributed by atoms with van der Waals surface area (Å²) in [4.78, 5) is 10.8. The Hall–Kier alpha value is -1.52. The Bertz CT molecular complexity index is 377. The van der Waals surface area contributed by atoms with E-state index >= 15 is 0 Å². The summed E-state index contributed by atoms with van der Waals surface area (Å²) >= 11 is 0. The van der Waals surface area contributed by atoms with Crippen molar-refractivity contribution in [2.24, 2.45) is 0 Å². The maximum absolute atomic E-state index is 13.4. The number of esters is 1. The zero-order valence-corrected chi connectivity index (χ0v) is 8.67. The zero-order chi connectivity index (χ0) is 12.1. The Morgan fingerprint density at radius 1 is 1.44 bits per heavy atom. The lowest BCUT2D eigenvalue weighted by Crippen LogP contribution is -2.04. The highest BCUT2D eigenvalue weighted by molar-refractivity contribution is 5.69. The van der Waals surface area contributed by atoms with Gasteiger partial charge in [-0.05, 0) is 12.0 Å². The minimum absolute atomic E-state index is 0.0277. The molecule has 0 amide bonds. The van der Waals surface area contributed by atoms with Crippen LogP contribution in [0.25, 0.3) is 0 Å². The number of methoxy groups -OCH3 is 1. The molecule has 0 aliphatic carbocycles. The second kappa shape index (κ2) is 5.53. The molecule has 0 aromatic heterocycles. The molecule has 0 heterocycles. The highest BCUT2D eigenvalue weighted by atomic mass is 19.3. The number of alkyl halides is 2. The average molecular weight is 232 g/mol. The first-order valence-corrected chi connectivity index (χ1v) is 4.68. The average Bonchev–Trinajstić information content (AvgIpc) is 2.26. The van der Waals surface area contributed by atoms with E-state index in [2.05, 4.69) is 4.74 Å². The smallest absolute Gasteiger partial charge is 0.305 e. The van der Waals surface area contributed by atoms with Crippen molar-refractivity contribution in [3.63, 3.8) is 0 Å². The van der Waals surface area contributed by atoms with Crippen LogP contribution < -0.4 is 0 Å². The van der Waals surface area contributed by atoms with Crippen molar-refractivity contribution >= 4 is 5.97 Å². The molecule has 1 aromatic carbocycles. The standard InChI is InChI=1S/C11H11F3O2/c1-16-9(15)6-5-7-3-2-4-8(10(7)12)11(13)14/h2-4,11H,5-6H2,1H3. The van der Waals surface area contributed by atoms with Crippen molar-refractivity contribution in [2.45, 2.75) is 19.3 Å². The lowest BCUT2D eigenvalue weighted by atomic mass is 10.1. The van der Waals surface area contributed by atoms with E-state index in [1.165, 1.54) is 19.2 Å². The third-order valence-corrected chi connectivity index (χ3v) is 2.17. The second-order valence-corrected chi connectivity index (χ2v) is 3.20. The number of hydrogen-bond acceptors (Lipinski definition) is 2. The van der Waals surface area contributed by atoms with Gasteiger partial charge in [-0.1, -0.05) is 18.2 Å². The van der Waals surface area contributed by atoms with E-state index in [0.717, 1.165) is 6.07 Å². The Morgan fingerprint density at radius 3 is 2.69 bits per heavy atom. The molecule has 1 aromatic rings. The van der Waals surface area contributed by atoms with Gasteiger partial charge in [-0.25, -0.2) is 13.2 Å². The number of carbonyl (C=O) groups is 1. The van der Waals surface area contributed by atoms with Crippen LogP contribution in [0.2, 0.25) is 0 Å². The normalized spacial score (nSPS) is 10.6. The lowest BCUT2D eigenvalue weighted by Gasteiger charge is -2.06. The van der Waals surface area contributed by atoms with E-state index in [9.17, 15) is 18.0 Å². The van der Waals surface area contributed by atoms with Gasteiger partial charge in [0.1, 0.15) is 5.82 Å². The Kier molecular flexibility index (Phi) is 4.34. The van der Waals surface area contributed by atoms with E-state index in [0.29, 0.717) is 0 Å². The molecule has 0 unspecified atom stereocenters. The first kappa shape index (κ1) is 12.5. The molecule has 0 N–H and O–H groups in total. The minimum atomic E-state index is -2.85. The molecule has 0 saturated heterocycles. The van der Waals surface area contributed by atoms with Crippen LogP contribution in [0.5, 0.6) is 0 Å². The number of rotatable bonds is 4. The SMILES string of the molecule is COC(=O)CCc1cccc(C(F)F)c1F. The molecule has 0 bridgehead atoms. The number of aryl methyl sites for hydroxylation is 1. The van der Waals surface area contributed by atoms with Crippen molar-refractivity contribution in [1.29, 1.82) is 0 Å². The fourth-order valence-electron chi connectivity index (χ4n) is 1.30. The van der Waals surface area contributed by atoms with E-state index < -0.39 is 23.8 Å². The fraction of sp³-hybridized carbons (Fsp3) is 0.364. The quantitative estimate of drug-likeness (QED) is 0.746. The van der Waals surface area contributed by atoms with Gasteiger partial charge in [0.25, 0.3) is 6.43 Å². The molecule has 0 aliphatic rings. The largest absolute Gasteiger partial charge is 0.469 e. The highest BCUT2D eigenvalue weighted by Crippen LogP contribution is 2.24. The number of ether oxygens (including phenoxy) is 1. The van der Waals surface area contributed by atoms with Gasteiger partial charge in [-0.3, -0.25) is 4.79 Å². The molecule has 0 atom stereocenters. The molecule has 88 valence electrons. The molecular formula is C11H11F3O2. The van der Waals surface area contributed by atoms with E-state index in [1.54, 1.807) is 0 Å². The van der Waals surface area contributed by atoms with Crippen molar-refractivity contribution in [3.8, 4) is 0 Å². The van der Waals surface area contributed by atoms with Gasteiger partial charge in [-0.2, -0.15) is 0 Å². The summed E-state index contributed by atoms with van der Waals surface area (Å²) in [5, 5.41) is 0. The molecule has 0 fully saturated rings. The summed E-state index contributed by atoms with van der Waals surface area (Å²) in [5.41, 5.74) is -0.537. The van der Waals surface area contributed by atoms with Gasteiger partial charge in [0.05, 0.1) is 12.7 Å². The first-order valence-electron chi connectivity index (χ1n) is 4.68.